The van der Waals surface area contributed by atoms with Crippen LogP contribution < -0.4 is 5.32 Å². The van der Waals surface area contributed by atoms with Crippen molar-refractivity contribution in [1.29, 1.82) is 0 Å². The van der Waals surface area contributed by atoms with Crippen LogP contribution in [0, 0.1) is 11.7 Å². The lowest BCUT2D eigenvalue weighted by atomic mass is 9.82. The smallest absolute Gasteiger partial charge is 0.186 e. The van der Waals surface area contributed by atoms with Gasteiger partial charge in [-0.25, -0.2) is 4.39 Å². The van der Waals surface area contributed by atoms with Crippen LogP contribution in [0.15, 0.2) is 35.4 Å². The lowest BCUT2D eigenvalue weighted by molar-refractivity contribution is -0.121. The van der Waals surface area contributed by atoms with Gasteiger partial charge in [0.1, 0.15) is 11.6 Å². The number of nitrogens with one attached hydrogen (secondary N) is 1. The fraction of sp³-hybridized carbons (Fsp3) is 0.500. The second-order valence-corrected chi connectivity index (χ2v) is 8.28. The number of benzene rings is 1. The predicted octanol–water partition coefficient (Wildman–Crippen LogP) is 3.85. The number of halogens is 1. The molecular formula is C20H24FNO2S. The van der Waals surface area contributed by atoms with Crippen molar-refractivity contribution in [1.82, 2.24) is 5.32 Å². The maximum atomic E-state index is 14.5. The van der Waals surface area contributed by atoms with E-state index in [-0.39, 0.29) is 27.9 Å². The second-order valence-electron chi connectivity index (χ2n) is 6.90. The van der Waals surface area contributed by atoms with Gasteiger partial charge in [-0.15, -0.1) is 0 Å². The van der Waals surface area contributed by atoms with Gasteiger partial charge < -0.3 is 5.32 Å². The van der Waals surface area contributed by atoms with E-state index in [4.69, 9.17) is 0 Å². The Morgan fingerprint density at radius 3 is 2.56 bits per heavy atom. The highest BCUT2D eigenvalue weighted by Gasteiger charge is 2.38. The number of rotatable bonds is 5. The molecular weight excluding hydrogens is 337 g/mol. The van der Waals surface area contributed by atoms with Crippen LogP contribution in [0.4, 0.5) is 4.39 Å². The molecule has 0 bridgehead atoms. The average Bonchev–Trinajstić information content (AvgIpc) is 3.41. The largest absolute Gasteiger partial charge is 0.313 e. The summed E-state index contributed by atoms with van der Waals surface area (Å²) in [5.41, 5.74) is 2.45. The van der Waals surface area contributed by atoms with Crippen LogP contribution in [-0.2, 0) is 9.59 Å². The molecule has 1 saturated carbocycles. The number of hydrogen-bond donors (Lipinski definition) is 1. The van der Waals surface area contributed by atoms with E-state index in [0.29, 0.717) is 12.1 Å². The molecule has 2 fully saturated rings. The summed E-state index contributed by atoms with van der Waals surface area (Å²) < 4.78 is 14.5. The van der Waals surface area contributed by atoms with Crippen molar-refractivity contribution in [3.05, 3.63) is 46.8 Å². The quantitative estimate of drug-likeness (QED) is 0.810. The van der Waals surface area contributed by atoms with Crippen molar-refractivity contribution in [3.63, 3.8) is 0 Å². The van der Waals surface area contributed by atoms with Gasteiger partial charge in [0.25, 0.3) is 0 Å². The number of Topliss-reactive ketones (excluding diaryl/α,β-unsaturated/α-hetero) is 1. The van der Waals surface area contributed by atoms with E-state index in [9.17, 15) is 14.0 Å². The van der Waals surface area contributed by atoms with Crippen molar-refractivity contribution in [2.75, 3.05) is 13.1 Å². The maximum Gasteiger partial charge on any atom is 0.186 e. The average molecular weight is 361 g/mol. The molecule has 0 amide bonds. The van der Waals surface area contributed by atoms with Crippen molar-refractivity contribution >= 4 is 22.7 Å². The number of allylic oxidation sites excluding steroid dienone is 1. The van der Waals surface area contributed by atoms with Crippen LogP contribution >= 0.6 is 11.8 Å². The first-order chi connectivity index (χ1) is 12.0. The van der Waals surface area contributed by atoms with E-state index in [1.165, 1.54) is 17.8 Å². The summed E-state index contributed by atoms with van der Waals surface area (Å²) in [6.45, 7) is 5.01. The fourth-order valence-corrected chi connectivity index (χ4v) is 4.61. The summed E-state index contributed by atoms with van der Waals surface area (Å²) in [5, 5.41) is 3.48. The minimum atomic E-state index is -0.543. The highest BCUT2D eigenvalue weighted by atomic mass is 32.2. The Morgan fingerprint density at radius 2 is 1.92 bits per heavy atom. The van der Waals surface area contributed by atoms with Crippen molar-refractivity contribution in [3.8, 4) is 0 Å². The molecule has 2 unspecified atom stereocenters. The van der Waals surface area contributed by atoms with E-state index in [1.54, 1.807) is 25.1 Å². The molecule has 25 heavy (non-hydrogen) atoms. The Kier molecular flexibility index (Phi) is 5.74. The van der Waals surface area contributed by atoms with Crippen molar-refractivity contribution < 1.29 is 14.0 Å². The molecule has 0 spiro atoms. The van der Waals surface area contributed by atoms with Gasteiger partial charge in [-0.1, -0.05) is 35.5 Å². The summed E-state index contributed by atoms with van der Waals surface area (Å²) in [4.78, 5) is 24.6. The van der Waals surface area contributed by atoms with Crippen molar-refractivity contribution in [2.24, 2.45) is 5.92 Å². The fourth-order valence-electron chi connectivity index (χ4n) is 3.57. The van der Waals surface area contributed by atoms with Crippen LogP contribution in [0.5, 0.6) is 0 Å². The summed E-state index contributed by atoms with van der Waals surface area (Å²) in [6, 6.07) is 6.57. The van der Waals surface area contributed by atoms with Crippen molar-refractivity contribution in [2.45, 2.75) is 44.3 Å². The lowest BCUT2D eigenvalue weighted by Gasteiger charge is -2.30. The Balaban J connectivity index is 2.02. The van der Waals surface area contributed by atoms with Crippen LogP contribution in [-0.4, -0.2) is 29.2 Å². The number of thioether (sulfide) groups is 1. The topological polar surface area (TPSA) is 46.2 Å². The standard InChI is InChI=1S/C20H24FNO2S/c1-12(16-11-22-10-9-18(16)25-13(2)23)19(20(24)14-7-8-14)15-5-3-4-6-17(15)21/h3-6,14,18-19,22H,7-11H2,1-2H3. The van der Waals surface area contributed by atoms with Gasteiger partial charge in [-0.05, 0) is 44.4 Å². The zero-order valence-corrected chi connectivity index (χ0v) is 15.5. The number of carbonyl (C=O) groups is 2. The summed E-state index contributed by atoms with van der Waals surface area (Å²) in [5.74, 6) is -0.706. The normalized spacial score (nSPS) is 23.9. The van der Waals surface area contributed by atoms with E-state index < -0.39 is 5.92 Å². The number of ketones is 1. The molecule has 1 heterocycles. The number of carbonyl (C=O) groups excluding carboxylic acids is 2. The monoisotopic (exact) mass is 361 g/mol. The second kappa shape index (κ2) is 7.83. The number of piperidine rings is 1. The third-order valence-corrected chi connectivity index (χ3v) is 6.15. The SMILES string of the molecule is CC(=O)SC1CCNCC1=C(C)C(C(=O)C1CC1)c1ccccc1F. The molecule has 1 saturated heterocycles. The molecule has 0 aromatic heterocycles. The van der Waals surface area contributed by atoms with E-state index in [0.717, 1.165) is 37.0 Å². The third kappa shape index (κ3) is 4.21. The zero-order chi connectivity index (χ0) is 18.0. The molecule has 0 radical (unpaired) electrons. The highest BCUT2D eigenvalue weighted by molar-refractivity contribution is 8.14. The van der Waals surface area contributed by atoms with Gasteiger partial charge in [0.15, 0.2) is 5.12 Å². The Bertz CT molecular complexity index is 711. The van der Waals surface area contributed by atoms with E-state index in [1.807, 2.05) is 6.92 Å². The molecule has 1 N–H and O–H groups in total. The molecule has 2 atom stereocenters. The first kappa shape index (κ1) is 18.3. The Morgan fingerprint density at radius 1 is 1.20 bits per heavy atom. The predicted molar refractivity (Wildman–Crippen MR) is 99.1 cm³/mol. The molecule has 134 valence electrons. The molecule has 5 heteroatoms. The Labute approximate surface area is 152 Å². The molecule has 1 aliphatic carbocycles. The minimum Gasteiger partial charge on any atom is -0.313 e. The van der Waals surface area contributed by atoms with E-state index >= 15 is 0 Å². The van der Waals surface area contributed by atoms with Gasteiger partial charge in [-0.3, -0.25) is 9.59 Å². The summed E-state index contributed by atoms with van der Waals surface area (Å²) in [6.07, 6.45) is 2.64. The van der Waals surface area contributed by atoms with Crippen LogP contribution in [0.1, 0.15) is 44.6 Å². The third-order valence-electron chi connectivity index (χ3n) is 5.02. The molecule has 1 aliphatic heterocycles. The molecule has 3 nitrogen and oxygen atoms in total. The maximum absolute atomic E-state index is 14.5. The summed E-state index contributed by atoms with van der Waals surface area (Å²) >= 11 is 1.32. The van der Waals surface area contributed by atoms with Crippen LogP contribution in [0.25, 0.3) is 0 Å². The first-order valence-electron chi connectivity index (χ1n) is 8.84. The van der Waals surface area contributed by atoms with Gasteiger partial charge in [0.05, 0.1) is 5.92 Å². The lowest BCUT2D eigenvalue weighted by Crippen LogP contribution is -2.34. The number of hydrogen-bond acceptors (Lipinski definition) is 4. The van der Waals surface area contributed by atoms with Gasteiger partial charge in [0, 0.05) is 30.2 Å². The summed E-state index contributed by atoms with van der Waals surface area (Å²) in [7, 11) is 0. The molecule has 1 aromatic rings. The van der Waals surface area contributed by atoms with Gasteiger partial charge >= 0.3 is 0 Å². The van der Waals surface area contributed by atoms with Gasteiger partial charge in [0.2, 0.25) is 0 Å². The molecule has 3 rings (SSSR count). The molecule has 1 aromatic carbocycles. The van der Waals surface area contributed by atoms with Crippen LogP contribution in [0.3, 0.4) is 0 Å². The first-order valence-corrected chi connectivity index (χ1v) is 9.72. The minimum absolute atomic E-state index is 0.0515. The zero-order valence-electron chi connectivity index (χ0n) is 14.7. The Hall–Kier alpha value is -1.46. The van der Waals surface area contributed by atoms with E-state index in [2.05, 4.69) is 5.32 Å². The van der Waals surface area contributed by atoms with Crippen LogP contribution in [0.2, 0.25) is 0 Å². The van der Waals surface area contributed by atoms with Gasteiger partial charge in [-0.2, -0.15) is 0 Å². The molecule has 2 aliphatic rings. The highest BCUT2D eigenvalue weighted by Crippen LogP contribution is 2.41.